The van der Waals surface area contributed by atoms with Crippen LogP contribution in [0.2, 0.25) is 0 Å². The maximum atomic E-state index is 13.3. The van der Waals surface area contributed by atoms with Crippen molar-refractivity contribution < 1.29 is 9.18 Å². The van der Waals surface area contributed by atoms with E-state index in [4.69, 9.17) is 5.73 Å². The Bertz CT molecular complexity index is 408. The number of nitrogens with one attached hydrogen (secondary N) is 1. The van der Waals surface area contributed by atoms with Crippen LogP contribution >= 0.6 is 0 Å². The minimum absolute atomic E-state index is 0.112. The van der Waals surface area contributed by atoms with E-state index in [1.807, 2.05) is 0 Å². The minimum atomic E-state index is -0.406. The molecule has 0 aromatic heterocycles. The van der Waals surface area contributed by atoms with Crippen molar-refractivity contribution in [3.63, 3.8) is 0 Å². The van der Waals surface area contributed by atoms with Crippen LogP contribution in [0.1, 0.15) is 25.7 Å². The molecule has 4 heteroatoms. The zero-order valence-electron chi connectivity index (χ0n) is 9.66. The largest absolute Gasteiger partial charge is 0.327 e. The number of carbonyl (C=O) groups excluding carboxylic acids is 1. The minimum Gasteiger partial charge on any atom is -0.327 e. The number of rotatable bonds is 3. The number of benzene rings is 1. The first-order valence-electron chi connectivity index (χ1n) is 5.97. The highest BCUT2D eigenvalue weighted by Crippen LogP contribution is 2.27. The zero-order valence-corrected chi connectivity index (χ0v) is 9.66. The lowest BCUT2D eigenvalue weighted by Crippen LogP contribution is -2.28. The van der Waals surface area contributed by atoms with E-state index in [0.29, 0.717) is 6.42 Å². The molecule has 0 saturated heterocycles. The Morgan fingerprint density at radius 3 is 2.82 bits per heavy atom. The molecule has 92 valence electrons. The molecule has 0 radical (unpaired) electrons. The van der Waals surface area contributed by atoms with Crippen molar-refractivity contribution in [2.24, 2.45) is 11.7 Å². The molecule has 0 spiro atoms. The fourth-order valence-corrected chi connectivity index (χ4v) is 2.32. The van der Waals surface area contributed by atoms with Crippen molar-refractivity contribution in [1.82, 2.24) is 0 Å². The van der Waals surface area contributed by atoms with E-state index in [1.165, 1.54) is 6.07 Å². The Hall–Kier alpha value is -1.42. The van der Waals surface area contributed by atoms with E-state index in [9.17, 15) is 9.18 Å². The van der Waals surface area contributed by atoms with Crippen molar-refractivity contribution in [1.29, 1.82) is 0 Å². The van der Waals surface area contributed by atoms with Crippen molar-refractivity contribution in [3.8, 4) is 0 Å². The number of nitrogens with two attached hydrogens (primary N) is 1. The van der Waals surface area contributed by atoms with E-state index >= 15 is 0 Å². The Labute approximate surface area is 100 Å². The molecular weight excluding hydrogens is 219 g/mol. The van der Waals surface area contributed by atoms with Crippen LogP contribution < -0.4 is 11.1 Å². The normalized spacial score (nSPS) is 23.6. The van der Waals surface area contributed by atoms with E-state index in [1.54, 1.807) is 18.2 Å². The molecule has 1 aromatic rings. The number of halogens is 1. The number of carbonyl (C=O) groups is 1. The van der Waals surface area contributed by atoms with Crippen molar-refractivity contribution >= 4 is 11.6 Å². The summed E-state index contributed by atoms with van der Waals surface area (Å²) in [5.41, 5.74) is 6.14. The van der Waals surface area contributed by atoms with Gasteiger partial charge in [0.1, 0.15) is 5.82 Å². The maximum Gasteiger partial charge on any atom is 0.224 e. The number of amides is 1. The summed E-state index contributed by atoms with van der Waals surface area (Å²) in [5.74, 6) is -0.323. The molecule has 1 fully saturated rings. The molecule has 0 heterocycles. The van der Waals surface area contributed by atoms with Gasteiger partial charge in [0.25, 0.3) is 0 Å². The van der Waals surface area contributed by atoms with Gasteiger partial charge in [-0.2, -0.15) is 0 Å². The Balaban J connectivity index is 1.91. The fraction of sp³-hybridized carbons (Fsp3) is 0.462. The van der Waals surface area contributed by atoms with Crippen molar-refractivity contribution in [2.75, 3.05) is 5.32 Å². The second-order valence-electron chi connectivity index (χ2n) is 4.59. The first-order chi connectivity index (χ1) is 8.16. The first kappa shape index (κ1) is 12.0. The average molecular weight is 236 g/mol. The molecule has 3 N–H and O–H groups in total. The molecule has 1 amide bonds. The van der Waals surface area contributed by atoms with Gasteiger partial charge in [-0.05, 0) is 30.9 Å². The number of para-hydroxylation sites is 1. The summed E-state index contributed by atoms with van der Waals surface area (Å²) in [6.45, 7) is 0. The standard InChI is InChI=1S/C13H17FN2O/c14-10-5-1-2-7-12(10)16-13(17)8-9-4-3-6-11(9)15/h1-2,5,7,9,11H,3-4,6,8,15H2,(H,16,17)/t9-,11+/m0/s1. The van der Waals surface area contributed by atoms with Crippen LogP contribution in [0.15, 0.2) is 24.3 Å². The first-order valence-corrected chi connectivity index (χ1v) is 5.97. The predicted molar refractivity (Wildman–Crippen MR) is 65.0 cm³/mol. The van der Waals surface area contributed by atoms with Gasteiger partial charge in [-0.3, -0.25) is 4.79 Å². The quantitative estimate of drug-likeness (QED) is 0.846. The van der Waals surface area contributed by atoms with Crippen LogP contribution in [0.5, 0.6) is 0 Å². The maximum absolute atomic E-state index is 13.3. The molecule has 1 aromatic carbocycles. The van der Waals surface area contributed by atoms with Gasteiger partial charge >= 0.3 is 0 Å². The summed E-state index contributed by atoms with van der Waals surface area (Å²) in [6, 6.07) is 6.29. The average Bonchev–Trinajstić information content (AvgIpc) is 2.68. The van der Waals surface area contributed by atoms with Crippen LogP contribution in [-0.2, 0) is 4.79 Å². The second kappa shape index (κ2) is 5.27. The molecule has 2 rings (SSSR count). The third-order valence-corrected chi connectivity index (χ3v) is 3.31. The summed E-state index contributed by atoms with van der Waals surface area (Å²) < 4.78 is 13.3. The monoisotopic (exact) mass is 236 g/mol. The highest BCUT2D eigenvalue weighted by atomic mass is 19.1. The van der Waals surface area contributed by atoms with Gasteiger partial charge in [-0.25, -0.2) is 4.39 Å². The smallest absolute Gasteiger partial charge is 0.224 e. The van der Waals surface area contributed by atoms with Crippen LogP contribution in [0.4, 0.5) is 10.1 Å². The Morgan fingerprint density at radius 1 is 1.41 bits per heavy atom. The summed E-state index contributed by atoms with van der Waals surface area (Å²) in [4.78, 5) is 11.7. The van der Waals surface area contributed by atoms with Gasteiger partial charge in [-0.15, -0.1) is 0 Å². The summed E-state index contributed by atoms with van der Waals surface area (Å²) in [6.07, 6.45) is 3.44. The van der Waals surface area contributed by atoms with E-state index in [0.717, 1.165) is 19.3 Å². The topological polar surface area (TPSA) is 55.1 Å². The van der Waals surface area contributed by atoms with Gasteiger partial charge in [0, 0.05) is 12.5 Å². The molecular formula is C13H17FN2O. The van der Waals surface area contributed by atoms with Gasteiger partial charge in [0.2, 0.25) is 5.91 Å². The molecule has 0 unspecified atom stereocenters. The lowest BCUT2D eigenvalue weighted by Gasteiger charge is -2.14. The zero-order chi connectivity index (χ0) is 12.3. The van der Waals surface area contributed by atoms with Crippen molar-refractivity contribution in [3.05, 3.63) is 30.1 Å². The molecule has 17 heavy (non-hydrogen) atoms. The second-order valence-corrected chi connectivity index (χ2v) is 4.59. The third-order valence-electron chi connectivity index (χ3n) is 3.31. The molecule has 3 nitrogen and oxygen atoms in total. The summed E-state index contributed by atoms with van der Waals surface area (Å²) in [7, 11) is 0. The van der Waals surface area contributed by atoms with Gasteiger partial charge < -0.3 is 11.1 Å². The Morgan fingerprint density at radius 2 is 2.18 bits per heavy atom. The molecule has 1 aliphatic rings. The fourth-order valence-electron chi connectivity index (χ4n) is 2.32. The molecule has 2 atom stereocenters. The van der Waals surface area contributed by atoms with Gasteiger partial charge in [0.15, 0.2) is 0 Å². The number of hydrogen-bond acceptors (Lipinski definition) is 2. The molecule has 1 aliphatic carbocycles. The van der Waals surface area contributed by atoms with Gasteiger partial charge in [-0.1, -0.05) is 18.6 Å². The van der Waals surface area contributed by atoms with Crippen LogP contribution in [0.3, 0.4) is 0 Å². The molecule has 1 saturated carbocycles. The predicted octanol–water partition coefficient (Wildman–Crippen LogP) is 2.28. The van der Waals surface area contributed by atoms with E-state index < -0.39 is 5.82 Å². The van der Waals surface area contributed by atoms with Crippen LogP contribution in [0.25, 0.3) is 0 Å². The van der Waals surface area contributed by atoms with Crippen molar-refractivity contribution in [2.45, 2.75) is 31.7 Å². The lowest BCUT2D eigenvalue weighted by molar-refractivity contribution is -0.117. The highest BCUT2D eigenvalue weighted by molar-refractivity contribution is 5.91. The van der Waals surface area contributed by atoms with E-state index in [-0.39, 0.29) is 23.6 Å². The summed E-state index contributed by atoms with van der Waals surface area (Å²) >= 11 is 0. The van der Waals surface area contributed by atoms with Crippen LogP contribution in [-0.4, -0.2) is 11.9 Å². The summed E-state index contributed by atoms with van der Waals surface area (Å²) in [5, 5.41) is 2.59. The van der Waals surface area contributed by atoms with Crippen LogP contribution in [0, 0.1) is 11.7 Å². The lowest BCUT2D eigenvalue weighted by atomic mass is 10.00. The third kappa shape index (κ3) is 3.03. The van der Waals surface area contributed by atoms with E-state index in [2.05, 4.69) is 5.32 Å². The number of hydrogen-bond donors (Lipinski definition) is 2. The molecule has 0 bridgehead atoms. The van der Waals surface area contributed by atoms with Gasteiger partial charge in [0.05, 0.1) is 5.69 Å². The number of anilines is 1. The Kier molecular flexibility index (Phi) is 3.74. The highest BCUT2D eigenvalue weighted by Gasteiger charge is 2.26. The SMILES string of the molecule is N[C@@H]1CCC[C@H]1CC(=O)Nc1ccccc1F. The molecule has 0 aliphatic heterocycles.